The first-order valence-electron chi connectivity index (χ1n) is 9.73. The smallest absolute Gasteiger partial charge is 0.122 e. The van der Waals surface area contributed by atoms with E-state index in [4.69, 9.17) is 9.47 Å². The van der Waals surface area contributed by atoms with Gasteiger partial charge in [0.2, 0.25) is 0 Å². The number of para-hydroxylation sites is 1. The molecule has 1 N–H and O–H groups in total. The average Bonchev–Trinajstić information content (AvgIpc) is 2.69. The second kappa shape index (κ2) is 8.87. The summed E-state index contributed by atoms with van der Waals surface area (Å²) in [7, 11) is 1.69. The lowest BCUT2D eigenvalue weighted by Gasteiger charge is -2.43. The number of ether oxygens (including phenoxy) is 2. The van der Waals surface area contributed by atoms with Crippen molar-refractivity contribution in [1.82, 2.24) is 4.90 Å². The van der Waals surface area contributed by atoms with E-state index in [9.17, 15) is 5.11 Å². The summed E-state index contributed by atoms with van der Waals surface area (Å²) in [5.41, 5.74) is 1.49. The lowest BCUT2D eigenvalue weighted by Crippen LogP contribution is -2.56. The van der Waals surface area contributed by atoms with Gasteiger partial charge in [0, 0.05) is 19.6 Å². The first kappa shape index (κ1) is 19.9. The molecule has 4 nitrogen and oxygen atoms in total. The van der Waals surface area contributed by atoms with Crippen molar-refractivity contribution in [1.29, 1.82) is 0 Å². The highest BCUT2D eigenvalue weighted by atomic mass is 16.5. The summed E-state index contributed by atoms with van der Waals surface area (Å²) in [6.45, 7) is 7.16. The maximum Gasteiger partial charge on any atom is 0.122 e. The molecule has 0 saturated carbocycles. The molecule has 3 unspecified atom stereocenters. The van der Waals surface area contributed by atoms with Crippen LogP contribution in [0.1, 0.15) is 25.0 Å². The van der Waals surface area contributed by atoms with Gasteiger partial charge in [-0.05, 0) is 36.5 Å². The molecule has 3 rings (SSSR count). The van der Waals surface area contributed by atoms with Gasteiger partial charge < -0.3 is 14.6 Å². The molecule has 0 aliphatic carbocycles. The Bertz CT molecular complexity index is 717. The second-order valence-corrected chi connectivity index (χ2v) is 7.72. The Balaban J connectivity index is 1.65. The molecule has 3 atom stereocenters. The molecule has 1 fully saturated rings. The molecular weight excluding hydrogens is 338 g/mol. The van der Waals surface area contributed by atoms with Crippen LogP contribution in [0, 0.1) is 5.92 Å². The van der Waals surface area contributed by atoms with Crippen molar-refractivity contribution in [3.05, 3.63) is 65.7 Å². The third-order valence-electron chi connectivity index (χ3n) is 5.77. The van der Waals surface area contributed by atoms with Crippen LogP contribution in [0.5, 0.6) is 5.75 Å². The lowest BCUT2D eigenvalue weighted by atomic mass is 9.80. The largest absolute Gasteiger partial charge is 0.496 e. The Kier molecular flexibility index (Phi) is 6.53. The fourth-order valence-corrected chi connectivity index (χ4v) is 3.77. The van der Waals surface area contributed by atoms with Crippen molar-refractivity contribution in [2.24, 2.45) is 5.92 Å². The van der Waals surface area contributed by atoms with E-state index in [0.29, 0.717) is 6.61 Å². The highest BCUT2D eigenvalue weighted by Gasteiger charge is 2.40. The highest BCUT2D eigenvalue weighted by Crippen LogP contribution is 2.31. The third kappa shape index (κ3) is 4.89. The number of hydrogen-bond donors (Lipinski definition) is 1. The van der Waals surface area contributed by atoms with Gasteiger partial charge in [-0.2, -0.15) is 0 Å². The summed E-state index contributed by atoms with van der Waals surface area (Å²) in [4.78, 5) is 2.37. The van der Waals surface area contributed by atoms with Gasteiger partial charge in [-0.1, -0.05) is 55.5 Å². The van der Waals surface area contributed by atoms with Crippen molar-refractivity contribution in [3.8, 4) is 5.75 Å². The monoisotopic (exact) mass is 369 g/mol. The van der Waals surface area contributed by atoms with Gasteiger partial charge in [-0.15, -0.1) is 0 Å². The zero-order chi connectivity index (χ0) is 19.3. The number of methoxy groups -OCH3 is 1. The first-order chi connectivity index (χ1) is 13.0. The Morgan fingerprint density at radius 1 is 1.19 bits per heavy atom. The molecule has 4 heteroatoms. The Morgan fingerprint density at radius 3 is 2.63 bits per heavy atom. The topological polar surface area (TPSA) is 41.9 Å². The van der Waals surface area contributed by atoms with E-state index in [2.05, 4.69) is 42.2 Å². The molecule has 1 saturated heterocycles. The van der Waals surface area contributed by atoms with Crippen LogP contribution >= 0.6 is 0 Å². The summed E-state index contributed by atoms with van der Waals surface area (Å²) in [5.74, 6) is 0.908. The van der Waals surface area contributed by atoms with Crippen LogP contribution in [0.15, 0.2) is 54.6 Å². The molecule has 27 heavy (non-hydrogen) atoms. The lowest BCUT2D eigenvalue weighted by molar-refractivity contribution is -0.157. The number of rotatable bonds is 7. The molecule has 0 amide bonds. The zero-order valence-electron chi connectivity index (χ0n) is 16.6. The summed E-state index contributed by atoms with van der Waals surface area (Å²) < 4.78 is 11.5. The summed E-state index contributed by atoms with van der Waals surface area (Å²) >= 11 is 0. The minimum atomic E-state index is -0.920. The van der Waals surface area contributed by atoms with E-state index in [1.165, 1.54) is 5.56 Å². The quantitative estimate of drug-likeness (QED) is 0.811. The van der Waals surface area contributed by atoms with E-state index in [1.807, 2.05) is 31.2 Å². The number of benzene rings is 2. The Hall–Kier alpha value is -1.88. The predicted molar refractivity (Wildman–Crippen MR) is 108 cm³/mol. The molecule has 0 aromatic heterocycles. The Morgan fingerprint density at radius 2 is 1.89 bits per heavy atom. The van der Waals surface area contributed by atoms with Gasteiger partial charge >= 0.3 is 0 Å². The molecule has 0 spiro atoms. The number of nitrogens with zero attached hydrogens (tertiary/aromatic N) is 1. The van der Waals surface area contributed by atoms with Gasteiger partial charge in [0.05, 0.1) is 25.4 Å². The van der Waals surface area contributed by atoms with Crippen LogP contribution in [-0.4, -0.2) is 48.5 Å². The fraction of sp³-hybridized carbons (Fsp3) is 0.478. The molecule has 2 aromatic carbocycles. The molecular formula is C23H31NO3. The zero-order valence-corrected chi connectivity index (χ0v) is 16.6. The molecule has 0 bridgehead atoms. The van der Waals surface area contributed by atoms with Crippen LogP contribution in [0.2, 0.25) is 0 Å². The Labute approximate surface area is 162 Å². The molecule has 0 radical (unpaired) electrons. The van der Waals surface area contributed by atoms with Crippen LogP contribution < -0.4 is 4.74 Å². The molecule has 146 valence electrons. The summed E-state index contributed by atoms with van der Waals surface area (Å²) in [5, 5.41) is 11.3. The summed E-state index contributed by atoms with van der Waals surface area (Å²) in [6, 6.07) is 18.5. The molecule has 1 aliphatic rings. The standard InChI is InChI=1S/C23H31NO3/c1-18(15-20-11-7-8-12-21(20)26-3)23(2,25)22-17-24(13-14-27-22)16-19-9-5-4-6-10-19/h4-12,18,22,25H,13-17H2,1-3H3. The van der Waals surface area contributed by atoms with E-state index in [1.54, 1.807) is 7.11 Å². The fourth-order valence-electron chi connectivity index (χ4n) is 3.77. The molecule has 1 aliphatic heterocycles. The number of morpholine rings is 1. The first-order valence-corrected chi connectivity index (χ1v) is 9.73. The summed E-state index contributed by atoms with van der Waals surface area (Å²) in [6.07, 6.45) is 0.537. The maximum atomic E-state index is 11.3. The van der Waals surface area contributed by atoms with Crippen molar-refractivity contribution < 1.29 is 14.6 Å². The van der Waals surface area contributed by atoms with Crippen LogP contribution in [0.3, 0.4) is 0 Å². The van der Waals surface area contributed by atoms with Gasteiger partial charge in [0.25, 0.3) is 0 Å². The predicted octanol–water partition coefficient (Wildman–Crippen LogP) is 3.53. The van der Waals surface area contributed by atoms with Crippen molar-refractivity contribution >= 4 is 0 Å². The van der Waals surface area contributed by atoms with Crippen molar-refractivity contribution in [2.45, 2.75) is 38.5 Å². The van der Waals surface area contributed by atoms with Gasteiger partial charge in [-0.3, -0.25) is 4.90 Å². The SMILES string of the molecule is COc1ccccc1CC(C)C(C)(O)C1CN(Cc2ccccc2)CCO1. The maximum absolute atomic E-state index is 11.3. The third-order valence-corrected chi connectivity index (χ3v) is 5.77. The van der Waals surface area contributed by atoms with E-state index < -0.39 is 5.60 Å². The molecule has 2 aromatic rings. The van der Waals surface area contributed by atoms with Crippen molar-refractivity contribution in [2.75, 3.05) is 26.8 Å². The number of aliphatic hydroxyl groups is 1. The van der Waals surface area contributed by atoms with Crippen LogP contribution in [0.25, 0.3) is 0 Å². The minimum absolute atomic E-state index is 0.0375. The van der Waals surface area contributed by atoms with Crippen molar-refractivity contribution in [3.63, 3.8) is 0 Å². The van der Waals surface area contributed by atoms with Gasteiger partial charge in [0.1, 0.15) is 5.75 Å². The number of hydrogen-bond acceptors (Lipinski definition) is 4. The van der Waals surface area contributed by atoms with E-state index in [0.717, 1.165) is 37.4 Å². The average molecular weight is 370 g/mol. The minimum Gasteiger partial charge on any atom is -0.496 e. The normalized spacial score (nSPS) is 21.4. The van der Waals surface area contributed by atoms with Crippen LogP contribution in [0.4, 0.5) is 0 Å². The molecule has 1 heterocycles. The highest BCUT2D eigenvalue weighted by molar-refractivity contribution is 5.33. The second-order valence-electron chi connectivity index (χ2n) is 7.72. The van der Waals surface area contributed by atoms with Crippen LogP contribution in [-0.2, 0) is 17.7 Å². The van der Waals surface area contributed by atoms with Gasteiger partial charge in [0.15, 0.2) is 0 Å². The van der Waals surface area contributed by atoms with E-state index >= 15 is 0 Å². The van der Waals surface area contributed by atoms with Gasteiger partial charge in [-0.25, -0.2) is 0 Å². The van der Waals surface area contributed by atoms with E-state index in [-0.39, 0.29) is 12.0 Å².